The lowest BCUT2D eigenvalue weighted by atomic mass is 10.3. The summed E-state index contributed by atoms with van der Waals surface area (Å²) in [5, 5.41) is 3.15. The van der Waals surface area contributed by atoms with Crippen molar-refractivity contribution in [3.63, 3.8) is 0 Å². The molecule has 0 bridgehead atoms. The zero-order valence-corrected chi connectivity index (χ0v) is 13.5. The first-order chi connectivity index (χ1) is 9.71. The number of benzene rings is 1. The van der Waals surface area contributed by atoms with Gasteiger partial charge in [0.25, 0.3) is 0 Å². The van der Waals surface area contributed by atoms with Gasteiger partial charge in [0, 0.05) is 23.3 Å². The summed E-state index contributed by atoms with van der Waals surface area (Å²) in [7, 11) is 1.61. The van der Waals surface area contributed by atoms with Gasteiger partial charge in [-0.1, -0.05) is 0 Å². The monoisotopic (exact) mass is 385 g/mol. The van der Waals surface area contributed by atoms with Crippen LogP contribution in [0.25, 0.3) is 0 Å². The molecule has 0 radical (unpaired) electrons. The average molecular weight is 385 g/mol. The standard InChI is InChI=1S/C14H16IN3O2/c1-3-16-12-8-14(18-13(17-12)9-19-2)20-11-6-4-10(15)5-7-11/h4-8H,3,9H2,1-2H3,(H,16,17,18). The second-order valence-corrected chi connectivity index (χ2v) is 5.27. The number of aromatic nitrogens is 2. The molecule has 0 unspecified atom stereocenters. The molecule has 5 nitrogen and oxygen atoms in total. The molecule has 0 saturated heterocycles. The van der Waals surface area contributed by atoms with E-state index in [0.717, 1.165) is 21.7 Å². The number of rotatable bonds is 6. The molecule has 0 spiro atoms. The Hall–Kier alpha value is -1.41. The number of hydrogen-bond acceptors (Lipinski definition) is 5. The van der Waals surface area contributed by atoms with Gasteiger partial charge < -0.3 is 14.8 Å². The maximum atomic E-state index is 5.76. The molecule has 20 heavy (non-hydrogen) atoms. The summed E-state index contributed by atoms with van der Waals surface area (Å²) in [5.41, 5.74) is 0. The lowest BCUT2D eigenvalue weighted by molar-refractivity contribution is 0.177. The fourth-order valence-corrected chi connectivity index (χ4v) is 1.97. The van der Waals surface area contributed by atoms with E-state index >= 15 is 0 Å². The van der Waals surface area contributed by atoms with Crippen molar-refractivity contribution in [1.29, 1.82) is 0 Å². The fourth-order valence-electron chi connectivity index (χ4n) is 1.61. The van der Waals surface area contributed by atoms with Crippen LogP contribution < -0.4 is 10.1 Å². The van der Waals surface area contributed by atoms with Crippen LogP contribution in [-0.4, -0.2) is 23.6 Å². The Morgan fingerprint density at radius 3 is 2.60 bits per heavy atom. The van der Waals surface area contributed by atoms with Crippen LogP contribution >= 0.6 is 22.6 Å². The highest BCUT2D eigenvalue weighted by Gasteiger charge is 2.06. The second-order valence-electron chi connectivity index (χ2n) is 4.03. The molecule has 106 valence electrons. The molecule has 1 aromatic heterocycles. The normalized spacial score (nSPS) is 10.3. The topological polar surface area (TPSA) is 56.3 Å². The quantitative estimate of drug-likeness (QED) is 0.772. The third-order valence-corrected chi connectivity index (χ3v) is 3.14. The molecule has 0 aliphatic carbocycles. The molecule has 0 saturated carbocycles. The minimum absolute atomic E-state index is 0.349. The minimum atomic E-state index is 0.349. The molecule has 0 atom stereocenters. The van der Waals surface area contributed by atoms with E-state index in [1.807, 2.05) is 31.2 Å². The van der Waals surface area contributed by atoms with Crippen molar-refractivity contribution in [2.75, 3.05) is 19.0 Å². The minimum Gasteiger partial charge on any atom is -0.439 e. The number of ether oxygens (including phenoxy) is 2. The molecular formula is C14H16IN3O2. The summed E-state index contributed by atoms with van der Waals surface area (Å²) in [4.78, 5) is 8.66. The van der Waals surface area contributed by atoms with Crippen LogP contribution in [0.1, 0.15) is 12.7 Å². The van der Waals surface area contributed by atoms with Gasteiger partial charge in [0.15, 0.2) is 5.82 Å². The third kappa shape index (κ3) is 4.31. The Morgan fingerprint density at radius 2 is 1.95 bits per heavy atom. The average Bonchev–Trinajstić information content (AvgIpc) is 2.42. The molecule has 0 amide bonds. The van der Waals surface area contributed by atoms with Crippen molar-refractivity contribution in [1.82, 2.24) is 9.97 Å². The smallest absolute Gasteiger partial charge is 0.224 e. The van der Waals surface area contributed by atoms with Gasteiger partial charge in [-0.3, -0.25) is 0 Å². The van der Waals surface area contributed by atoms with Crippen LogP contribution in [0.2, 0.25) is 0 Å². The van der Waals surface area contributed by atoms with Gasteiger partial charge >= 0.3 is 0 Å². The highest BCUT2D eigenvalue weighted by molar-refractivity contribution is 14.1. The summed E-state index contributed by atoms with van der Waals surface area (Å²) < 4.78 is 12.0. The third-order valence-electron chi connectivity index (χ3n) is 2.42. The molecular weight excluding hydrogens is 369 g/mol. The van der Waals surface area contributed by atoms with Crippen LogP contribution in [0.5, 0.6) is 11.6 Å². The van der Waals surface area contributed by atoms with Crippen LogP contribution in [0, 0.1) is 3.57 Å². The lowest BCUT2D eigenvalue weighted by Crippen LogP contribution is -2.05. The highest BCUT2D eigenvalue weighted by atomic mass is 127. The fraction of sp³-hybridized carbons (Fsp3) is 0.286. The van der Waals surface area contributed by atoms with Crippen LogP contribution in [0.15, 0.2) is 30.3 Å². The first kappa shape index (κ1) is 15.0. The van der Waals surface area contributed by atoms with Crippen molar-refractivity contribution in [2.45, 2.75) is 13.5 Å². The van der Waals surface area contributed by atoms with Gasteiger partial charge in [-0.25, -0.2) is 4.98 Å². The maximum absolute atomic E-state index is 5.76. The van der Waals surface area contributed by atoms with Gasteiger partial charge in [0.2, 0.25) is 5.88 Å². The van der Waals surface area contributed by atoms with E-state index in [9.17, 15) is 0 Å². The van der Waals surface area contributed by atoms with E-state index < -0.39 is 0 Å². The summed E-state index contributed by atoms with van der Waals surface area (Å²) in [6, 6.07) is 9.57. The Bertz CT molecular complexity index is 537. The maximum Gasteiger partial charge on any atom is 0.224 e. The summed E-state index contributed by atoms with van der Waals surface area (Å²) in [6.07, 6.45) is 0. The van der Waals surface area contributed by atoms with Crippen LogP contribution in [-0.2, 0) is 11.3 Å². The zero-order chi connectivity index (χ0) is 14.4. The van der Waals surface area contributed by atoms with Gasteiger partial charge in [0.05, 0.1) is 0 Å². The Kier molecular flexibility index (Phi) is 5.54. The molecule has 2 aromatic rings. The Labute approximate surface area is 131 Å². The number of hydrogen-bond donors (Lipinski definition) is 1. The van der Waals surface area contributed by atoms with Crippen molar-refractivity contribution in [3.05, 3.63) is 39.7 Å². The summed E-state index contributed by atoms with van der Waals surface area (Å²) >= 11 is 2.25. The molecule has 0 fully saturated rings. The van der Waals surface area contributed by atoms with E-state index in [2.05, 4.69) is 37.9 Å². The summed E-state index contributed by atoms with van der Waals surface area (Å²) in [5.74, 6) is 2.57. The van der Waals surface area contributed by atoms with E-state index in [1.54, 1.807) is 13.2 Å². The van der Waals surface area contributed by atoms with E-state index in [0.29, 0.717) is 18.3 Å². The molecule has 6 heteroatoms. The predicted molar refractivity (Wildman–Crippen MR) is 86.1 cm³/mol. The Morgan fingerprint density at radius 1 is 1.20 bits per heavy atom. The van der Waals surface area contributed by atoms with Gasteiger partial charge in [-0.2, -0.15) is 4.98 Å². The molecule has 1 N–H and O–H groups in total. The van der Waals surface area contributed by atoms with Gasteiger partial charge in [-0.05, 0) is 53.8 Å². The zero-order valence-electron chi connectivity index (χ0n) is 11.4. The van der Waals surface area contributed by atoms with Crippen molar-refractivity contribution in [2.24, 2.45) is 0 Å². The first-order valence-electron chi connectivity index (χ1n) is 6.25. The van der Waals surface area contributed by atoms with Crippen molar-refractivity contribution in [3.8, 4) is 11.6 Å². The van der Waals surface area contributed by atoms with Gasteiger partial charge in [0.1, 0.15) is 18.2 Å². The molecule has 0 aliphatic heterocycles. The summed E-state index contributed by atoms with van der Waals surface area (Å²) in [6.45, 7) is 3.15. The van der Waals surface area contributed by atoms with E-state index in [1.165, 1.54) is 0 Å². The van der Waals surface area contributed by atoms with Crippen LogP contribution in [0.3, 0.4) is 0 Å². The van der Waals surface area contributed by atoms with Gasteiger partial charge in [-0.15, -0.1) is 0 Å². The molecule has 1 aromatic carbocycles. The molecule has 2 rings (SSSR count). The number of anilines is 1. The van der Waals surface area contributed by atoms with Crippen molar-refractivity contribution >= 4 is 28.4 Å². The Balaban J connectivity index is 2.22. The highest BCUT2D eigenvalue weighted by Crippen LogP contribution is 2.22. The van der Waals surface area contributed by atoms with E-state index in [4.69, 9.17) is 9.47 Å². The number of nitrogens with zero attached hydrogens (tertiary/aromatic N) is 2. The first-order valence-corrected chi connectivity index (χ1v) is 7.33. The molecule has 1 heterocycles. The van der Waals surface area contributed by atoms with Crippen LogP contribution in [0.4, 0.5) is 5.82 Å². The van der Waals surface area contributed by atoms with Crippen molar-refractivity contribution < 1.29 is 9.47 Å². The number of methoxy groups -OCH3 is 1. The lowest BCUT2D eigenvalue weighted by Gasteiger charge is -2.09. The number of nitrogens with one attached hydrogen (secondary N) is 1. The number of halogens is 1. The SMILES string of the molecule is CCNc1cc(Oc2ccc(I)cc2)nc(COC)n1. The molecule has 0 aliphatic rings. The predicted octanol–water partition coefficient (Wildman–Crippen LogP) is 3.45. The largest absolute Gasteiger partial charge is 0.439 e. The van der Waals surface area contributed by atoms with E-state index in [-0.39, 0.29) is 0 Å². The second kappa shape index (κ2) is 7.39.